The molecule has 0 aliphatic heterocycles. The molecule has 1 heterocycles. The summed E-state index contributed by atoms with van der Waals surface area (Å²) in [5.41, 5.74) is 0.491. The Morgan fingerprint density at radius 2 is 2.26 bits per heavy atom. The average molecular weight is 263 g/mol. The fraction of sp³-hybridized carbons (Fsp3) is 0.250. The van der Waals surface area contributed by atoms with Gasteiger partial charge in [0.05, 0.1) is 16.9 Å². The molecular formula is C12H13N3O4. The maximum atomic E-state index is 11.0. The average Bonchev–Trinajstić information content (AvgIpc) is 2.41. The Labute approximate surface area is 108 Å². The minimum Gasteiger partial charge on any atom is -0.505 e. The lowest BCUT2D eigenvalue weighted by Gasteiger charge is -2.08. The fourth-order valence-corrected chi connectivity index (χ4v) is 1.85. The van der Waals surface area contributed by atoms with Crippen LogP contribution < -0.4 is 5.32 Å². The highest BCUT2D eigenvalue weighted by Crippen LogP contribution is 2.34. The molecule has 0 amide bonds. The predicted molar refractivity (Wildman–Crippen MR) is 68.9 cm³/mol. The van der Waals surface area contributed by atoms with Gasteiger partial charge in [0.15, 0.2) is 0 Å². The first-order chi connectivity index (χ1) is 9.15. The zero-order valence-electron chi connectivity index (χ0n) is 10.0. The van der Waals surface area contributed by atoms with Gasteiger partial charge in [0.2, 0.25) is 0 Å². The van der Waals surface area contributed by atoms with Crippen molar-refractivity contribution in [3.8, 4) is 5.75 Å². The van der Waals surface area contributed by atoms with Crippen molar-refractivity contribution in [2.45, 2.75) is 6.54 Å². The van der Waals surface area contributed by atoms with Crippen LogP contribution in [0.4, 0.5) is 5.69 Å². The number of pyridine rings is 1. The highest BCUT2D eigenvalue weighted by atomic mass is 16.6. The van der Waals surface area contributed by atoms with Gasteiger partial charge in [-0.05, 0) is 12.1 Å². The summed E-state index contributed by atoms with van der Waals surface area (Å²) < 4.78 is 0. The van der Waals surface area contributed by atoms with Crippen LogP contribution in [0.5, 0.6) is 5.75 Å². The zero-order valence-corrected chi connectivity index (χ0v) is 10.0. The first-order valence-corrected chi connectivity index (χ1v) is 5.70. The molecule has 0 aliphatic rings. The van der Waals surface area contributed by atoms with E-state index >= 15 is 0 Å². The molecule has 0 radical (unpaired) electrons. The number of phenols is 1. The quantitative estimate of drug-likeness (QED) is 0.420. The summed E-state index contributed by atoms with van der Waals surface area (Å²) >= 11 is 0. The molecule has 1 aromatic heterocycles. The summed E-state index contributed by atoms with van der Waals surface area (Å²) in [6.07, 6.45) is 1.47. The second kappa shape index (κ2) is 5.59. The minimum absolute atomic E-state index is 0.0469. The van der Waals surface area contributed by atoms with Crippen molar-refractivity contribution in [2.75, 3.05) is 13.2 Å². The number of fused-ring (bicyclic) bond motifs is 1. The van der Waals surface area contributed by atoms with Gasteiger partial charge in [0, 0.05) is 30.9 Å². The van der Waals surface area contributed by atoms with Crippen molar-refractivity contribution in [1.29, 1.82) is 0 Å². The third-order valence-corrected chi connectivity index (χ3v) is 2.72. The van der Waals surface area contributed by atoms with Crippen LogP contribution in [0.3, 0.4) is 0 Å². The van der Waals surface area contributed by atoms with Crippen molar-refractivity contribution in [1.82, 2.24) is 10.3 Å². The van der Waals surface area contributed by atoms with Crippen LogP contribution in [0.1, 0.15) is 5.56 Å². The highest BCUT2D eigenvalue weighted by Gasteiger charge is 2.18. The number of aliphatic hydroxyl groups is 1. The van der Waals surface area contributed by atoms with Gasteiger partial charge in [0.1, 0.15) is 11.3 Å². The van der Waals surface area contributed by atoms with Crippen molar-refractivity contribution in [3.05, 3.63) is 40.1 Å². The number of benzene rings is 1. The van der Waals surface area contributed by atoms with E-state index < -0.39 is 4.92 Å². The first-order valence-electron chi connectivity index (χ1n) is 5.70. The lowest BCUT2D eigenvalue weighted by Crippen LogP contribution is -2.17. The van der Waals surface area contributed by atoms with Gasteiger partial charge in [-0.15, -0.1) is 0 Å². The van der Waals surface area contributed by atoms with Gasteiger partial charge < -0.3 is 15.5 Å². The van der Waals surface area contributed by atoms with Gasteiger partial charge in [-0.25, -0.2) is 0 Å². The van der Waals surface area contributed by atoms with E-state index in [-0.39, 0.29) is 30.1 Å². The van der Waals surface area contributed by atoms with Crippen LogP contribution in [0, 0.1) is 10.1 Å². The van der Waals surface area contributed by atoms with Gasteiger partial charge in [-0.3, -0.25) is 15.1 Å². The van der Waals surface area contributed by atoms with E-state index in [1.807, 2.05) is 0 Å². The normalized spacial score (nSPS) is 10.8. The Morgan fingerprint density at radius 3 is 2.95 bits per heavy atom. The number of rotatable bonds is 5. The molecule has 7 heteroatoms. The number of aromatic nitrogens is 1. The standard InChI is InChI=1S/C12H13N3O4/c16-5-4-13-7-8-6-10(15(18)19)9-2-1-3-14-11(9)12(8)17/h1-3,6,13,16-17H,4-5,7H2. The molecule has 3 N–H and O–H groups in total. The maximum absolute atomic E-state index is 11.0. The molecule has 2 aromatic rings. The lowest BCUT2D eigenvalue weighted by atomic mass is 10.1. The summed E-state index contributed by atoms with van der Waals surface area (Å²) in [4.78, 5) is 14.5. The number of hydrogen-bond acceptors (Lipinski definition) is 6. The molecule has 0 unspecified atom stereocenters. The summed E-state index contributed by atoms with van der Waals surface area (Å²) in [5, 5.41) is 33.0. The Kier molecular flexibility index (Phi) is 3.88. The molecule has 0 atom stereocenters. The Balaban J connectivity index is 2.53. The van der Waals surface area contributed by atoms with E-state index in [0.717, 1.165) is 0 Å². The first kappa shape index (κ1) is 13.2. The van der Waals surface area contributed by atoms with Gasteiger partial charge in [0.25, 0.3) is 5.69 Å². The number of phenolic OH excluding ortho intramolecular Hbond substituents is 1. The number of hydrogen-bond donors (Lipinski definition) is 3. The van der Waals surface area contributed by atoms with E-state index in [2.05, 4.69) is 10.3 Å². The minimum atomic E-state index is -0.501. The number of aliphatic hydroxyl groups excluding tert-OH is 1. The third kappa shape index (κ3) is 2.61. The number of nitro benzene ring substituents is 1. The fourth-order valence-electron chi connectivity index (χ4n) is 1.85. The Bertz CT molecular complexity index is 615. The zero-order chi connectivity index (χ0) is 13.8. The van der Waals surface area contributed by atoms with E-state index in [1.165, 1.54) is 12.3 Å². The lowest BCUT2D eigenvalue weighted by molar-refractivity contribution is -0.383. The summed E-state index contributed by atoms with van der Waals surface area (Å²) in [7, 11) is 0. The summed E-state index contributed by atoms with van der Waals surface area (Å²) in [6.45, 7) is 0.516. The van der Waals surface area contributed by atoms with Crippen molar-refractivity contribution >= 4 is 16.6 Å². The molecular weight excluding hydrogens is 250 g/mol. The van der Waals surface area contributed by atoms with Crippen LogP contribution in [0.15, 0.2) is 24.4 Å². The number of nitro groups is 1. The second-order valence-electron chi connectivity index (χ2n) is 3.96. The van der Waals surface area contributed by atoms with Gasteiger partial charge in [-0.1, -0.05) is 0 Å². The largest absolute Gasteiger partial charge is 0.505 e. The van der Waals surface area contributed by atoms with Crippen LogP contribution >= 0.6 is 0 Å². The van der Waals surface area contributed by atoms with E-state index in [0.29, 0.717) is 17.5 Å². The number of nitrogens with one attached hydrogen (secondary N) is 1. The van der Waals surface area contributed by atoms with Crippen LogP contribution in [-0.4, -0.2) is 33.3 Å². The smallest absolute Gasteiger partial charge is 0.279 e. The summed E-state index contributed by atoms with van der Waals surface area (Å²) in [5.74, 6) is -0.0772. The predicted octanol–water partition coefficient (Wildman–Crippen LogP) is 0.930. The molecule has 1 aromatic carbocycles. The van der Waals surface area contributed by atoms with Crippen molar-refractivity contribution < 1.29 is 15.1 Å². The molecule has 0 fully saturated rings. The maximum Gasteiger partial charge on any atom is 0.279 e. The van der Waals surface area contributed by atoms with Crippen LogP contribution in [0.2, 0.25) is 0 Å². The molecule has 0 saturated heterocycles. The molecule has 0 saturated carbocycles. The summed E-state index contributed by atoms with van der Waals surface area (Å²) in [6, 6.07) is 4.45. The second-order valence-corrected chi connectivity index (χ2v) is 3.96. The number of non-ortho nitro benzene ring substituents is 1. The Hall–Kier alpha value is -2.25. The third-order valence-electron chi connectivity index (χ3n) is 2.72. The van der Waals surface area contributed by atoms with Crippen molar-refractivity contribution in [3.63, 3.8) is 0 Å². The molecule has 19 heavy (non-hydrogen) atoms. The molecule has 0 spiro atoms. The molecule has 0 aliphatic carbocycles. The van der Waals surface area contributed by atoms with E-state index in [4.69, 9.17) is 5.11 Å². The number of nitrogens with zero attached hydrogens (tertiary/aromatic N) is 2. The van der Waals surface area contributed by atoms with E-state index in [9.17, 15) is 15.2 Å². The number of aromatic hydroxyl groups is 1. The van der Waals surface area contributed by atoms with Crippen LogP contribution in [-0.2, 0) is 6.54 Å². The SMILES string of the molecule is O=[N+]([O-])c1cc(CNCCO)c(O)c2ncccc12. The topological polar surface area (TPSA) is 109 Å². The monoisotopic (exact) mass is 263 g/mol. The molecule has 2 rings (SSSR count). The molecule has 7 nitrogen and oxygen atoms in total. The van der Waals surface area contributed by atoms with Crippen molar-refractivity contribution in [2.24, 2.45) is 0 Å². The molecule has 100 valence electrons. The van der Waals surface area contributed by atoms with Crippen LogP contribution in [0.25, 0.3) is 10.9 Å². The van der Waals surface area contributed by atoms with Gasteiger partial charge >= 0.3 is 0 Å². The Morgan fingerprint density at radius 1 is 1.47 bits per heavy atom. The van der Waals surface area contributed by atoms with Gasteiger partial charge in [-0.2, -0.15) is 0 Å². The molecule has 0 bridgehead atoms. The highest BCUT2D eigenvalue weighted by molar-refractivity contribution is 5.93. The van der Waals surface area contributed by atoms with E-state index in [1.54, 1.807) is 12.1 Å².